The highest BCUT2D eigenvalue weighted by molar-refractivity contribution is 5.94. The van der Waals surface area contributed by atoms with Crippen molar-refractivity contribution in [3.8, 4) is 16.9 Å². The Balaban J connectivity index is 2.13. The number of aromatic nitrogens is 2. The molecule has 3 aromatic rings. The van der Waals surface area contributed by atoms with Gasteiger partial charge in [0.05, 0.1) is 11.4 Å². The van der Waals surface area contributed by atoms with Crippen LogP contribution in [0.4, 0.5) is 0 Å². The van der Waals surface area contributed by atoms with Gasteiger partial charge in [0, 0.05) is 12.1 Å². The molecule has 1 N–H and O–H groups in total. The van der Waals surface area contributed by atoms with Crippen molar-refractivity contribution in [1.29, 1.82) is 0 Å². The lowest BCUT2D eigenvalue weighted by Crippen LogP contribution is -2.26. The van der Waals surface area contributed by atoms with Gasteiger partial charge in [-0.3, -0.25) is 4.79 Å². The molecule has 1 aromatic heterocycles. The van der Waals surface area contributed by atoms with Crippen LogP contribution in [0.3, 0.4) is 0 Å². The van der Waals surface area contributed by atoms with Gasteiger partial charge in [-0.1, -0.05) is 49.4 Å². The summed E-state index contributed by atoms with van der Waals surface area (Å²) >= 11 is 0. The standard InChI is InChI=1S/C21H23N3O/c1-4-12-22-21(25)20-14-18(17-8-6-5-7-9-17)23-24(20)19-13-15(2)10-11-16(19)3/h5-11,13-14H,4,12H2,1-3H3,(H,22,25). The van der Waals surface area contributed by atoms with Crippen LogP contribution in [-0.2, 0) is 0 Å². The maximum Gasteiger partial charge on any atom is 0.270 e. The molecule has 128 valence electrons. The van der Waals surface area contributed by atoms with E-state index in [1.54, 1.807) is 4.68 Å². The summed E-state index contributed by atoms with van der Waals surface area (Å²) in [6, 6.07) is 18.0. The van der Waals surface area contributed by atoms with Crippen molar-refractivity contribution in [3.05, 3.63) is 71.4 Å². The summed E-state index contributed by atoms with van der Waals surface area (Å²) in [6.07, 6.45) is 0.898. The summed E-state index contributed by atoms with van der Waals surface area (Å²) < 4.78 is 1.76. The minimum atomic E-state index is -0.0996. The van der Waals surface area contributed by atoms with Gasteiger partial charge in [0.2, 0.25) is 0 Å². The number of nitrogens with one attached hydrogen (secondary N) is 1. The van der Waals surface area contributed by atoms with E-state index < -0.39 is 0 Å². The fourth-order valence-corrected chi connectivity index (χ4v) is 2.75. The maximum atomic E-state index is 12.7. The van der Waals surface area contributed by atoms with Gasteiger partial charge in [-0.15, -0.1) is 0 Å². The molecule has 0 radical (unpaired) electrons. The van der Waals surface area contributed by atoms with Gasteiger partial charge in [0.25, 0.3) is 5.91 Å². The summed E-state index contributed by atoms with van der Waals surface area (Å²) in [5.74, 6) is -0.0996. The Morgan fingerprint density at radius 2 is 1.84 bits per heavy atom. The largest absolute Gasteiger partial charge is 0.351 e. The molecule has 0 atom stereocenters. The predicted molar refractivity (Wildman–Crippen MR) is 101 cm³/mol. The molecule has 0 aliphatic carbocycles. The molecule has 0 saturated heterocycles. The molecule has 0 saturated carbocycles. The van der Waals surface area contributed by atoms with Gasteiger partial charge < -0.3 is 5.32 Å². The second kappa shape index (κ2) is 7.34. The summed E-state index contributed by atoms with van der Waals surface area (Å²) in [5.41, 5.74) is 5.50. The van der Waals surface area contributed by atoms with Crippen molar-refractivity contribution >= 4 is 5.91 Å². The highest BCUT2D eigenvalue weighted by atomic mass is 16.2. The van der Waals surface area contributed by atoms with Gasteiger partial charge in [-0.25, -0.2) is 4.68 Å². The maximum absolute atomic E-state index is 12.7. The average molecular weight is 333 g/mol. The third-order valence-corrected chi connectivity index (χ3v) is 4.14. The van der Waals surface area contributed by atoms with Crippen LogP contribution in [0.15, 0.2) is 54.6 Å². The molecule has 0 spiro atoms. The van der Waals surface area contributed by atoms with E-state index >= 15 is 0 Å². The first-order valence-corrected chi connectivity index (χ1v) is 8.61. The van der Waals surface area contributed by atoms with E-state index in [9.17, 15) is 4.79 Å². The van der Waals surface area contributed by atoms with Crippen LogP contribution in [0.25, 0.3) is 16.9 Å². The number of benzene rings is 2. The number of hydrogen-bond acceptors (Lipinski definition) is 2. The van der Waals surface area contributed by atoms with Gasteiger partial charge in [0.15, 0.2) is 0 Å². The molecule has 0 fully saturated rings. The van der Waals surface area contributed by atoms with Crippen LogP contribution in [0, 0.1) is 13.8 Å². The van der Waals surface area contributed by atoms with E-state index in [1.807, 2.05) is 57.2 Å². The second-order valence-corrected chi connectivity index (χ2v) is 6.24. The predicted octanol–water partition coefficient (Wildman–Crippen LogP) is 4.30. The van der Waals surface area contributed by atoms with E-state index in [4.69, 9.17) is 5.10 Å². The third kappa shape index (κ3) is 3.63. The first-order chi connectivity index (χ1) is 12.1. The van der Waals surface area contributed by atoms with Crippen LogP contribution in [0.2, 0.25) is 0 Å². The van der Waals surface area contributed by atoms with Crippen molar-refractivity contribution in [3.63, 3.8) is 0 Å². The summed E-state index contributed by atoms with van der Waals surface area (Å²) in [6.45, 7) is 6.77. The van der Waals surface area contributed by atoms with Crippen LogP contribution in [0.5, 0.6) is 0 Å². The number of aryl methyl sites for hydroxylation is 2. The first-order valence-electron chi connectivity index (χ1n) is 8.61. The molecular weight excluding hydrogens is 310 g/mol. The fraction of sp³-hybridized carbons (Fsp3) is 0.238. The van der Waals surface area contributed by atoms with Gasteiger partial charge in [0.1, 0.15) is 5.69 Å². The zero-order valence-corrected chi connectivity index (χ0v) is 14.9. The Bertz CT molecular complexity index is 881. The molecule has 25 heavy (non-hydrogen) atoms. The van der Waals surface area contributed by atoms with Gasteiger partial charge >= 0.3 is 0 Å². The Hall–Kier alpha value is -2.88. The molecular formula is C21H23N3O. The van der Waals surface area contributed by atoms with E-state index in [0.717, 1.165) is 34.5 Å². The highest BCUT2D eigenvalue weighted by Crippen LogP contribution is 2.24. The normalized spacial score (nSPS) is 10.7. The summed E-state index contributed by atoms with van der Waals surface area (Å²) in [4.78, 5) is 12.7. The molecule has 4 heteroatoms. The van der Waals surface area contributed by atoms with Gasteiger partial charge in [-0.05, 0) is 43.5 Å². The lowest BCUT2D eigenvalue weighted by Gasteiger charge is -2.11. The van der Waals surface area contributed by atoms with Crippen LogP contribution < -0.4 is 5.32 Å². The average Bonchev–Trinajstić information content (AvgIpc) is 3.07. The topological polar surface area (TPSA) is 46.9 Å². The van der Waals surface area contributed by atoms with Crippen molar-refractivity contribution in [2.24, 2.45) is 0 Å². The first kappa shape index (κ1) is 17.0. The number of rotatable bonds is 5. The third-order valence-electron chi connectivity index (χ3n) is 4.14. The molecule has 4 nitrogen and oxygen atoms in total. The molecule has 2 aromatic carbocycles. The molecule has 0 aliphatic rings. The molecule has 0 bridgehead atoms. The Kier molecular flexibility index (Phi) is 4.98. The lowest BCUT2D eigenvalue weighted by atomic mass is 10.1. The minimum absolute atomic E-state index is 0.0996. The molecule has 1 amide bonds. The molecule has 0 aliphatic heterocycles. The SMILES string of the molecule is CCCNC(=O)c1cc(-c2ccccc2)nn1-c1cc(C)ccc1C. The number of hydrogen-bond donors (Lipinski definition) is 1. The van der Waals surface area contributed by atoms with Crippen LogP contribution in [0.1, 0.15) is 35.0 Å². The number of carbonyl (C=O) groups is 1. The quantitative estimate of drug-likeness (QED) is 0.757. The van der Waals surface area contributed by atoms with Crippen molar-refractivity contribution in [1.82, 2.24) is 15.1 Å². The Morgan fingerprint density at radius 1 is 1.08 bits per heavy atom. The van der Waals surface area contributed by atoms with Crippen LogP contribution >= 0.6 is 0 Å². The van der Waals surface area contributed by atoms with E-state index in [0.29, 0.717) is 12.2 Å². The Labute approximate surface area is 148 Å². The smallest absolute Gasteiger partial charge is 0.270 e. The lowest BCUT2D eigenvalue weighted by molar-refractivity contribution is 0.0946. The summed E-state index contributed by atoms with van der Waals surface area (Å²) in [5, 5.41) is 7.70. The van der Waals surface area contributed by atoms with E-state index in [-0.39, 0.29) is 5.91 Å². The number of carbonyl (C=O) groups excluding carboxylic acids is 1. The fourth-order valence-electron chi connectivity index (χ4n) is 2.75. The highest BCUT2D eigenvalue weighted by Gasteiger charge is 2.18. The Morgan fingerprint density at radius 3 is 2.56 bits per heavy atom. The number of amides is 1. The minimum Gasteiger partial charge on any atom is -0.351 e. The van der Waals surface area contributed by atoms with Crippen LogP contribution in [-0.4, -0.2) is 22.2 Å². The van der Waals surface area contributed by atoms with Crippen molar-refractivity contribution in [2.75, 3.05) is 6.54 Å². The second-order valence-electron chi connectivity index (χ2n) is 6.24. The summed E-state index contributed by atoms with van der Waals surface area (Å²) in [7, 11) is 0. The van der Waals surface area contributed by atoms with Crippen molar-refractivity contribution < 1.29 is 4.79 Å². The van der Waals surface area contributed by atoms with E-state index in [2.05, 4.69) is 23.5 Å². The zero-order chi connectivity index (χ0) is 17.8. The molecule has 1 heterocycles. The van der Waals surface area contributed by atoms with Gasteiger partial charge in [-0.2, -0.15) is 5.10 Å². The zero-order valence-electron chi connectivity index (χ0n) is 14.9. The van der Waals surface area contributed by atoms with Crippen molar-refractivity contribution in [2.45, 2.75) is 27.2 Å². The number of nitrogens with zero attached hydrogens (tertiary/aromatic N) is 2. The molecule has 3 rings (SSSR count). The monoisotopic (exact) mass is 333 g/mol. The molecule has 0 unspecified atom stereocenters. The van der Waals surface area contributed by atoms with E-state index in [1.165, 1.54) is 0 Å².